The van der Waals surface area contributed by atoms with Gasteiger partial charge in [0.1, 0.15) is 22.8 Å². The summed E-state index contributed by atoms with van der Waals surface area (Å²) in [5.41, 5.74) is -3.22. The van der Waals surface area contributed by atoms with Crippen molar-refractivity contribution in [1.82, 2.24) is 14.7 Å². The maximum absolute atomic E-state index is 14.1. The molecular formula is C38H51N3O12. The van der Waals surface area contributed by atoms with Crippen LogP contribution in [0.15, 0.2) is 18.2 Å². The summed E-state index contributed by atoms with van der Waals surface area (Å²) in [6.45, 7) is 7.85. The Morgan fingerprint density at radius 2 is 1.77 bits per heavy atom. The molecule has 7 atom stereocenters. The number of amides is 1. The minimum Gasteiger partial charge on any atom is -0.507 e. The van der Waals surface area contributed by atoms with Crippen LogP contribution in [0.2, 0.25) is 0 Å². The third kappa shape index (κ3) is 7.05. The van der Waals surface area contributed by atoms with E-state index in [-0.39, 0.29) is 53.4 Å². The van der Waals surface area contributed by atoms with Gasteiger partial charge in [0.2, 0.25) is 5.78 Å². The van der Waals surface area contributed by atoms with Gasteiger partial charge in [0.05, 0.1) is 48.7 Å². The Hall–Kier alpha value is -3.67. The SMILES string of the molecule is COc1cccc2c1C(=O)c1c(O)c3c(c(O)c1C2=O)C[C@@](O)(C(=O)N(C)CCN(C)C(C)C)C[C@@H]3OC1CC(N2CCOC(OC)C2)C(O)C(C)O1. The number of likely N-dealkylation sites (N-methyl/N-ethyl adjacent to an activating group) is 2. The van der Waals surface area contributed by atoms with E-state index in [1.165, 1.54) is 24.1 Å². The minimum atomic E-state index is -2.15. The summed E-state index contributed by atoms with van der Waals surface area (Å²) < 4.78 is 29.1. The van der Waals surface area contributed by atoms with Crippen molar-refractivity contribution in [2.24, 2.45) is 0 Å². The smallest absolute Gasteiger partial charge is 0.254 e. The predicted octanol–water partition coefficient (Wildman–Crippen LogP) is 1.58. The predicted molar refractivity (Wildman–Crippen MR) is 189 cm³/mol. The van der Waals surface area contributed by atoms with Crippen LogP contribution in [-0.4, -0.2) is 156 Å². The second kappa shape index (κ2) is 15.2. The van der Waals surface area contributed by atoms with Crippen LogP contribution in [0, 0.1) is 0 Å². The standard InChI is InChI=1S/C38H51N3O12/c1-19(2)39(4)11-12-40(5)37(47)38(48)16-22-29(36(46)31-30(34(22)44)33(43)21-9-8-10-24(49-6)28(21)35(31)45)25(17-38)53-26-15-23(32(42)20(3)52-26)41-13-14-51-27(18-41)50-7/h8-10,19-20,23,25-27,32,42,44,46,48H,11-18H2,1-7H3/t20?,23?,25-,26?,27?,32?,38-/m0/s1. The largest absolute Gasteiger partial charge is 0.507 e. The molecule has 0 bridgehead atoms. The topological polar surface area (TPSA) is 188 Å². The second-order valence-corrected chi connectivity index (χ2v) is 14.8. The van der Waals surface area contributed by atoms with Gasteiger partial charge in [-0.2, -0.15) is 0 Å². The first kappa shape index (κ1) is 39.0. The van der Waals surface area contributed by atoms with Gasteiger partial charge in [-0.05, 0) is 33.9 Å². The van der Waals surface area contributed by atoms with Crippen molar-refractivity contribution in [3.63, 3.8) is 0 Å². The average Bonchev–Trinajstić information content (AvgIpc) is 3.14. The Labute approximate surface area is 308 Å². The summed E-state index contributed by atoms with van der Waals surface area (Å²) in [7, 11) is 6.40. The molecule has 0 saturated carbocycles. The molecule has 15 heteroatoms. The molecule has 2 aliphatic carbocycles. The fraction of sp³-hybridized carbons (Fsp3) is 0.605. The van der Waals surface area contributed by atoms with Crippen LogP contribution in [0.25, 0.3) is 0 Å². The van der Waals surface area contributed by atoms with Crippen molar-refractivity contribution >= 4 is 17.5 Å². The Kier molecular flexibility index (Phi) is 11.2. The molecule has 2 aromatic carbocycles. The number of aliphatic hydroxyl groups is 2. The van der Waals surface area contributed by atoms with Gasteiger partial charge in [-0.1, -0.05) is 12.1 Å². The van der Waals surface area contributed by atoms with Gasteiger partial charge < -0.3 is 53.9 Å². The number of fused-ring (bicyclic) bond motifs is 3. The Balaban J connectivity index is 1.41. The molecule has 2 aliphatic heterocycles. The number of hydrogen-bond donors (Lipinski definition) is 4. The Morgan fingerprint density at radius 1 is 1.06 bits per heavy atom. The number of morpholine rings is 1. The number of ketones is 2. The van der Waals surface area contributed by atoms with Crippen LogP contribution in [0.5, 0.6) is 17.2 Å². The van der Waals surface area contributed by atoms with E-state index < -0.39 is 89.1 Å². The maximum atomic E-state index is 14.1. The number of phenols is 2. The number of rotatable bonds is 10. The molecule has 290 valence electrons. The van der Waals surface area contributed by atoms with E-state index >= 15 is 0 Å². The normalized spacial score (nSPS) is 28.8. The molecule has 15 nitrogen and oxygen atoms in total. The van der Waals surface area contributed by atoms with Gasteiger partial charge in [-0.15, -0.1) is 0 Å². The van der Waals surface area contributed by atoms with E-state index in [1.54, 1.807) is 27.1 Å². The third-order valence-electron chi connectivity index (χ3n) is 11.3. The number of carbonyl (C=O) groups excluding carboxylic acids is 3. The number of nitrogens with zero attached hydrogens (tertiary/aromatic N) is 3. The molecule has 1 amide bonds. The number of carbonyl (C=O) groups is 3. The highest BCUT2D eigenvalue weighted by Gasteiger charge is 2.52. The van der Waals surface area contributed by atoms with Crippen LogP contribution in [-0.2, 0) is 30.2 Å². The number of aromatic hydroxyl groups is 2. The molecule has 2 fully saturated rings. The summed E-state index contributed by atoms with van der Waals surface area (Å²) in [4.78, 5) is 47.7. The summed E-state index contributed by atoms with van der Waals surface area (Å²) in [5, 5.41) is 47.3. The highest BCUT2D eigenvalue weighted by atomic mass is 16.7. The zero-order chi connectivity index (χ0) is 38.5. The molecule has 6 rings (SSSR count). The summed E-state index contributed by atoms with van der Waals surface area (Å²) in [5.74, 6) is -3.23. The van der Waals surface area contributed by atoms with Crippen molar-refractivity contribution < 1.29 is 58.5 Å². The van der Waals surface area contributed by atoms with Crippen LogP contribution in [0.1, 0.15) is 82.7 Å². The van der Waals surface area contributed by atoms with E-state index in [9.17, 15) is 34.8 Å². The molecule has 53 heavy (non-hydrogen) atoms. The molecular weight excluding hydrogens is 690 g/mol. The van der Waals surface area contributed by atoms with Crippen LogP contribution < -0.4 is 4.74 Å². The fourth-order valence-electron chi connectivity index (χ4n) is 7.96. The zero-order valence-corrected chi connectivity index (χ0v) is 31.3. The van der Waals surface area contributed by atoms with Crippen LogP contribution in [0.4, 0.5) is 0 Å². The highest BCUT2D eigenvalue weighted by Crippen LogP contribution is 2.52. The number of ether oxygens (including phenoxy) is 5. The van der Waals surface area contributed by atoms with Gasteiger partial charge in [-0.25, -0.2) is 0 Å². The first-order chi connectivity index (χ1) is 25.1. The maximum Gasteiger partial charge on any atom is 0.254 e. The van der Waals surface area contributed by atoms with E-state index in [2.05, 4.69) is 4.90 Å². The minimum absolute atomic E-state index is 0.0199. The lowest BCUT2D eigenvalue weighted by atomic mass is 9.72. The van der Waals surface area contributed by atoms with Gasteiger partial charge >= 0.3 is 0 Å². The number of methoxy groups -OCH3 is 2. The van der Waals surface area contributed by atoms with Gasteiger partial charge in [0.25, 0.3) is 5.91 Å². The van der Waals surface area contributed by atoms with Gasteiger partial charge in [0, 0.05) is 88.4 Å². The molecule has 2 heterocycles. The Morgan fingerprint density at radius 3 is 2.45 bits per heavy atom. The molecule has 0 radical (unpaired) electrons. The quantitative estimate of drug-likeness (QED) is 0.219. The number of phenolic OH excluding ortho intramolecular Hbond substituents is 2. The molecule has 0 spiro atoms. The van der Waals surface area contributed by atoms with E-state index in [0.29, 0.717) is 26.2 Å². The van der Waals surface area contributed by atoms with Crippen LogP contribution >= 0.6 is 0 Å². The average molecular weight is 742 g/mol. The lowest BCUT2D eigenvalue weighted by Crippen LogP contribution is -2.59. The zero-order valence-electron chi connectivity index (χ0n) is 31.3. The Bertz CT molecular complexity index is 1750. The van der Waals surface area contributed by atoms with Crippen molar-refractivity contribution in [3.8, 4) is 17.2 Å². The van der Waals surface area contributed by atoms with Gasteiger partial charge in [-0.3, -0.25) is 19.3 Å². The fourth-order valence-corrected chi connectivity index (χ4v) is 7.96. The lowest BCUT2D eigenvalue weighted by molar-refractivity contribution is -0.267. The van der Waals surface area contributed by atoms with Crippen LogP contribution in [0.3, 0.4) is 0 Å². The monoisotopic (exact) mass is 741 g/mol. The summed E-state index contributed by atoms with van der Waals surface area (Å²) in [6.07, 6.45) is -5.12. The number of aliphatic hydroxyl groups excluding tert-OH is 1. The molecule has 2 saturated heterocycles. The second-order valence-electron chi connectivity index (χ2n) is 14.8. The molecule has 2 aromatic rings. The van der Waals surface area contributed by atoms with Crippen molar-refractivity contribution in [1.29, 1.82) is 0 Å². The molecule has 4 N–H and O–H groups in total. The van der Waals surface area contributed by atoms with E-state index in [0.717, 1.165) is 0 Å². The van der Waals surface area contributed by atoms with E-state index in [1.807, 2.05) is 25.8 Å². The highest BCUT2D eigenvalue weighted by molar-refractivity contribution is 6.31. The number of hydrogen-bond acceptors (Lipinski definition) is 14. The first-order valence-corrected chi connectivity index (χ1v) is 18.0. The van der Waals surface area contributed by atoms with E-state index in [4.69, 9.17) is 23.7 Å². The first-order valence-electron chi connectivity index (χ1n) is 18.0. The molecule has 5 unspecified atom stereocenters. The summed E-state index contributed by atoms with van der Waals surface area (Å²) >= 11 is 0. The van der Waals surface area contributed by atoms with Crippen molar-refractivity contribution in [3.05, 3.63) is 51.6 Å². The van der Waals surface area contributed by atoms with Crippen molar-refractivity contribution in [2.45, 2.75) is 88.6 Å². The number of benzene rings is 2. The summed E-state index contributed by atoms with van der Waals surface area (Å²) in [6, 6.07) is 4.26. The third-order valence-corrected chi connectivity index (χ3v) is 11.3. The lowest BCUT2D eigenvalue weighted by Gasteiger charge is -2.47. The molecule has 0 aromatic heterocycles. The molecule has 4 aliphatic rings. The van der Waals surface area contributed by atoms with Gasteiger partial charge in [0.15, 0.2) is 18.4 Å². The van der Waals surface area contributed by atoms with Crippen molar-refractivity contribution in [2.75, 3.05) is 61.1 Å².